The van der Waals surface area contributed by atoms with Crippen molar-refractivity contribution in [1.29, 1.82) is 0 Å². The number of pyridine rings is 1. The monoisotopic (exact) mass is 629 g/mol. The molecule has 1 aliphatic heterocycles. The number of carbonyl (C=O) groups excluding carboxylic acids is 1. The van der Waals surface area contributed by atoms with Gasteiger partial charge < -0.3 is 23.9 Å². The van der Waals surface area contributed by atoms with Crippen molar-refractivity contribution in [2.75, 3.05) is 31.8 Å². The summed E-state index contributed by atoms with van der Waals surface area (Å²) < 4.78 is 45.0. The number of nitrogens with zero attached hydrogens (tertiary/aromatic N) is 3. The molecule has 0 saturated heterocycles. The number of anilines is 1. The number of hydrogen-bond donors (Lipinski definition) is 1. The number of sulfonamides is 1. The van der Waals surface area contributed by atoms with Gasteiger partial charge in [-0.05, 0) is 40.9 Å². The van der Waals surface area contributed by atoms with Gasteiger partial charge in [-0.1, -0.05) is 41.5 Å². The third-order valence-corrected chi connectivity index (χ3v) is 15.8. The smallest absolute Gasteiger partial charge is 0.260 e. The molecule has 0 aliphatic carbocycles. The molecule has 1 N–H and O–H groups in total. The predicted octanol–water partition coefficient (Wildman–Crippen LogP) is 5.85. The van der Waals surface area contributed by atoms with E-state index in [-0.39, 0.29) is 40.0 Å². The molecule has 0 radical (unpaired) electrons. The van der Waals surface area contributed by atoms with Crippen molar-refractivity contribution < 1.29 is 32.2 Å². The Kier molecular flexibility index (Phi) is 9.06. The van der Waals surface area contributed by atoms with Gasteiger partial charge in [0.2, 0.25) is 10.0 Å². The number of hydrogen-bond acceptors (Lipinski definition) is 8. The van der Waals surface area contributed by atoms with E-state index in [1.165, 1.54) is 19.1 Å². The molecule has 3 aromatic rings. The van der Waals surface area contributed by atoms with Crippen molar-refractivity contribution in [3.05, 3.63) is 53.2 Å². The first-order chi connectivity index (χ1) is 20.1. The molecule has 1 amide bonds. The number of aromatic nitrogens is 1. The number of aliphatic hydroxyl groups is 1. The van der Waals surface area contributed by atoms with Crippen molar-refractivity contribution in [2.24, 2.45) is 0 Å². The summed E-state index contributed by atoms with van der Waals surface area (Å²) in [6, 6.07) is 8.69. The van der Waals surface area contributed by atoms with Crippen LogP contribution in [0.3, 0.4) is 0 Å². The van der Waals surface area contributed by atoms with Gasteiger partial charge in [0.15, 0.2) is 6.23 Å². The van der Waals surface area contributed by atoms with Crippen LogP contribution in [0.2, 0.25) is 16.6 Å². The molecule has 1 aliphatic rings. The van der Waals surface area contributed by atoms with Crippen LogP contribution in [0.1, 0.15) is 69.3 Å². The lowest BCUT2D eigenvalue weighted by molar-refractivity contribution is 0.0137. The highest BCUT2D eigenvalue weighted by Gasteiger charge is 2.50. The van der Waals surface area contributed by atoms with Crippen LogP contribution in [0.25, 0.3) is 10.9 Å². The molecular formula is C31H43N3O7SSi. The van der Waals surface area contributed by atoms with Gasteiger partial charge in [0.1, 0.15) is 22.8 Å². The quantitative estimate of drug-likeness (QED) is 0.263. The molecule has 4 rings (SSSR count). The van der Waals surface area contributed by atoms with Gasteiger partial charge in [0, 0.05) is 35.8 Å². The highest BCUT2D eigenvalue weighted by molar-refractivity contribution is 7.92. The topological polar surface area (TPSA) is 119 Å². The van der Waals surface area contributed by atoms with Crippen LogP contribution < -0.4 is 18.2 Å². The van der Waals surface area contributed by atoms with Gasteiger partial charge in [-0.3, -0.25) is 14.1 Å². The average molecular weight is 630 g/mol. The Labute approximate surface area is 255 Å². The van der Waals surface area contributed by atoms with Gasteiger partial charge in [-0.25, -0.2) is 8.42 Å². The Morgan fingerprint density at radius 1 is 1.05 bits per heavy atom. The lowest BCUT2D eigenvalue weighted by Gasteiger charge is -2.42. The first kappa shape index (κ1) is 32.6. The maximum absolute atomic E-state index is 14.5. The summed E-state index contributed by atoms with van der Waals surface area (Å²) in [4.78, 5) is 20.4. The van der Waals surface area contributed by atoms with Crippen LogP contribution in [0.15, 0.2) is 36.5 Å². The zero-order valence-electron chi connectivity index (χ0n) is 26.6. The Hall–Kier alpha value is -3.35. The number of aliphatic hydroxyl groups excluding tert-OH is 1. The first-order valence-corrected chi connectivity index (χ1v) is 18.4. The minimum atomic E-state index is -3.79. The molecule has 0 spiro atoms. The Morgan fingerprint density at radius 3 is 2.21 bits per heavy atom. The molecule has 0 saturated carbocycles. The fourth-order valence-corrected chi connectivity index (χ4v) is 12.4. The molecule has 2 aromatic carbocycles. The Bertz CT molecular complexity index is 1620. The van der Waals surface area contributed by atoms with E-state index in [0.29, 0.717) is 33.7 Å². The van der Waals surface area contributed by atoms with E-state index in [1.54, 1.807) is 43.6 Å². The van der Waals surface area contributed by atoms with Crippen LogP contribution >= 0.6 is 0 Å². The fourth-order valence-electron chi connectivity index (χ4n) is 6.61. The number of carbonyl (C=O) groups is 1. The van der Waals surface area contributed by atoms with E-state index in [0.717, 1.165) is 10.6 Å². The number of benzene rings is 2. The number of amides is 1. The highest BCUT2D eigenvalue weighted by Crippen LogP contribution is 2.52. The molecule has 1 unspecified atom stereocenters. The van der Waals surface area contributed by atoms with Gasteiger partial charge in [-0.2, -0.15) is 0 Å². The van der Waals surface area contributed by atoms with E-state index in [4.69, 9.17) is 13.9 Å². The molecule has 10 nitrogen and oxygen atoms in total. The number of rotatable bonds is 11. The standard InChI is InChI=1S/C31H43N3O7SSi/c1-18(2)43(19(3)4,20(5)6)41-29-26-25(28(33(7)42(10,37)38)23-12-11-15-32-27(23)29)30(35)34(31(26)36)17-21-13-14-22(39-8)16-24(21)40-9/h11-16,18-20,30,35H,17H2,1-10H3. The van der Waals surface area contributed by atoms with Crippen LogP contribution in [-0.4, -0.2) is 65.2 Å². The molecule has 43 heavy (non-hydrogen) atoms. The Balaban J connectivity index is 2.05. The summed E-state index contributed by atoms with van der Waals surface area (Å²) in [5, 5.41) is 12.4. The van der Waals surface area contributed by atoms with Crippen LogP contribution in [0, 0.1) is 0 Å². The molecule has 234 valence electrons. The maximum Gasteiger partial charge on any atom is 0.260 e. The van der Waals surface area contributed by atoms with Crippen LogP contribution in [0.4, 0.5) is 5.69 Å². The Morgan fingerprint density at radius 2 is 1.67 bits per heavy atom. The third-order valence-electron chi connectivity index (χ3n) is 8.69. The van der Waals surface area contributed by atoms with E-state index in [2.05, 4.69) is 46.5 Å². The number of methoxy groups -OCH3 is 2. The zero-order chi connectivity index (χ0) is 32.0. The second kappa shape index (κ2) is 12.0. The minimum Gasteiger partial charge on any atom is -0.541 e. The lowest BCUT2D eigenvalue weighted by Crippen LogP contribution is -2.51. The fraction of sp³-hybridized carbons (Fsp3) is 0.484. The summed E-state index contributed by atoms with van der Waals surface area (Å²) in [6.07, 6.45) is 1.22. The van der Waals surface area contributed by atoms with E-state index >= 15 is 0 Å². The summed E-state index contributed by atoms with van der Waals surface area (Å²) >= 11 is 0. The highest BCUT2D eigenvalue weighted by atomic mass is 32.2. The zero-order valence-corrected chi connectivity index (χ0v) is 28.4. The van der Waals surface area contributed by atoms with E-state index in [9.17, 15) is 18.3 Å². The van der Waals surface area contributed by atoms with Crippen molar-refractivity contribution >= 4 is 40.8 Å². The molecular weight excluding hydrogens is 587 g/mol. The molecule has 0 bridgehead atoms. The van der Waals surface area contributed by atoms with Crippen LogP contribution in [-0.2, 0) is 16.6 Å². The summed E-state index contributed by atoms with van der Waals surface area (Å²) in [5.41, 5.74) is 2.08. The van der Waals surface area contributed by atoms with Crippen molar-refractivity contribution in [3.8, 4) is 17.2 Å². The molecule has 0 fully saturated rings. The van der Waals surface area contributed by atoms with Gasteiger partial charge in [0.05, 0.1) is 38.3 Å². The summed E-state index contributed by atoms with van der Waals surface area (Å²) in [7, 11) is -1.95. The van der Waals surface area contributed by atoms with Crippen molar-refractivity contribution in [3.63, 3.8) is 0 Å². The normalized spacial score (nSPS) is 15.5. The molecule has 1 atom stereocenters. The average Bonchev–Trinajstić information content (AvgIpc) is 3.19. The molecule has 12 heteroatoms. The minimum absolute atomic E-state index is 0.00575. The van der Waals surface area contributed by atoms with Crippen LogP contribution in [0.5, 0.6) is 17.2 Å². The second-order valence-corrected chi connectivity index (χ2v) is 19.4. The van der Waals surface area contributed by atoms with E-state index < -0.39 is 30.5 Å². The molecule has 2 heterocycles. The van der Waals surface area contributed by atoms with Gasteiger partial charge in [0.25, 0.3) is 14.2 Å². The first-order valence-electron chi connectivity index (χ1n) is 14.4. The predicted molar refractivity (Wildman–Crippen MR) is 171 cm³/mol. The van der Waals surface area contributed by atoms with E-state index in [1.807, 2.05) is 0 Å². The van der Waals surface area contributed by atoms with Crippen molar-refractivity contribution in [2.45, 2.75) is 70.9 Å². The number of fused-ring (bicyclic) bond motifs is 2. The summed E-state index contributed by atoms with van der Waals surface area (Å²) in [5.74, 6) is 0.884. The SMILES string of the molecule is COc1ccc(CN2C(=O)c3c(c(N(C)S(C)(=O)=O)c4cccnc4c3O[Si](C(C)C)(C(C)C)C(C)C)C2O)c(OC)c1. The van der Waals surface area contributed by atoms with Crippen molar-refractivity contribution in [1.82, 2.24) is 9.88 Å². The molecule has 1 aromatic heterocycles. The lowest BCUT2D eigenvalue weighted by atomic mass is 10.0. The maximum atomic E-state index is 14.5. The largest absolute Gasteiger partial charge is 0.541 e. The number of ether oxygens (including phenoxy) is 2. The third kappa shape index (κ3) is 5.44. The van der Waals surface area contributed by atoms with Gasteiger partial charge >= 0.3 is 0 Å². The second-order valence-electron chi connectivity index (χ2n) is 12.0. The van der Waals surface area contributed by atoms with Gasteiger partial charge in [-0.15, -0.1) is 0 Å². The summed E-state index contributed by atoms with van der Waals surface area (Å²) in [6.45, 7) is 12.9.